The maximum atomic E-state index is 11.7. The molecule has 2 heterocycles. The Morgan fingerprint density at radius 2 is 2.21 bits per heavy atom. The minimum atomic E-state index is -0.0532. The van der Waals surface area contributed by atoms with Gasteiger partial charge in [0.05, 0.1) is 5.39 Å². The lowest BCUT2D eigenvalue weighted by molar-refractivity contribution is 0.521. The minimum absolute atomic E-state index is 0.0532. The van der Waals surface area contributed by atoms with E-state index in [4.69, 9.17) is 5.73 Å². The molecule has 2 aromatic rings. The van der Waals surface area contributed by atoms with Crippen molar-refractivity contribution in [3.8, 4) is 0 Å². The van der Waals surface area contributed by atoms with Crippen molar-refractivity contribution < 1.29 is 0 Å². The third-order valence-electron chi connectivity index (χ3n) is 2.11. The van der Waals surface area contributed by atoms with Crippen molar-refractivity contribution in [2.45, 2.75) is 19.9 Å². The van der Waals surface area contributed by atoms with Crippen molar-refractivity contribution in [3.05, 3.63) is 22.5 Å². The molecule has 0 spiro atoms. The molecule has 0 radical (unpaired) electrons. The zero-order valence-electron chi connectivity index (χ0n) is 8.11. The number of nitrogens with zero attached hydrogens (tertiary/aromatic N) is 2. The molecule has 0 amide bonds. The van der Waals surface area contributed by atoms with Crippen LogP contribution in [0.15, 0.2) is 16.9 Å². The van der Waals surface area contributed by atoms with E-state index in [1.165, 1.54) is 4.68 Å². The molecule has 0 aromatic carbocycles. The standard InChI is InChI=1S/C9H12N4O/c1-5(2)13-9(14)6-3-4-7(10)11-8(6)12-13/h3-5H,1-2H3,(H3,10,11,12). The van der Waals surface area contributed by atoms with Crippen LogP contribution >= 0.6 is 0 Å². The number of H-pyrrole nitrogens is 1. The van der Waals surface area contributed by atoms with Gasteiger partial charge in [-0.15, -0.1) is 0 Å². The number of nitrogens with two attached hydrogens (primary N) is 1. The highest BCUT2D eigenvalue weighted by atomic mass is 16.1. The number of rotatable bonds is 1. The molecule has 0 aliphatic heterocycles. The molecule has 14 heavy (non-hydrogen) atoms. The van der Waals surface area contributed by atoms with Gasteiger partial charge in [0.2, 0.25) is 0 Å². The molecule has 2 aromatic heterocycles. The van der Waals surface area contributed by atoms with Crippen LogP contribution in [0.3, 0.4) is 0 Å². The number of nitrogens with one attached hydrogen (secondary N) is 1. The second-order valence-corrected chi connectivity index (χ2v) is 3.51. The molecule has 0 saturated carbocycles. The van der Waals surface area contributed by atoms with E-state index in [0.717, 1.165) is 0 Å². The Morgan fingerprint density at radius 3 is 2.86 bits per heavy atom. The number of aromatic nitrogens is 3. The van der Waals surface area contributed by atoms with Crippen LogP contribution in [0, 0.1) is 0 Å². The van der Waals surface area contributed by atoms with Crippen LogP contribution in [0.5, 0.6) is 0 Å². The van der Waals surface area contributed by atoms with Crippen molar-refractivity contribution in [3.63, 3.8) is 0 Å². The van der Waals surface area contributed by atoms with Gasteiger partial charge < -0.3 is 5.73 Å². The Balaban J connectivity index is 2.80. The zero-order valence-corrected chi connectivity index (χ0v) is 8.11. The van der Waals surface area contributed by atoms with Crippen LogP contribution in [0.2, 0.25) is 0 Å². The van der Waals surface area contributed by atoms with E-state index in [1.807, 2.05) is 13.8 Å². The largest absolute Gasteiger partial charge is 0.384 e. The molecule has 0 saturated heterocycles. The van der Waals surface area contributed by atoms with Gasteiger partial charge in [0, 0.05) is 6.04 Å². The Hall–Kier alpha value is -1.78. The Kier molecular flexibility index (Phi) is 1.80. The first-order valence-corrected chi connectivity index (χ1v) is 4.46. The Bertz CT molecular complexity index is 523. The van der Waals surface area contributed by atoms with Crippen molar-refractivity contribution in [1.29, 1.82) is 0 Å². The van der Waals surface area contributed by atoms with Gasteiger partial charge in [0.1, 0.15) is 5.82 Å². The van der Waals surface area contributed by atoms with Gasteiger partial charge in [-0.1, -0.05) is 0 Å². The molecule has 0 fully saturated rings. The summed E-state index contributed by atoms with van der Waals surface area (Å²) in [6.45, 7) is 3.86. The van der Waals surface area contributed by atoms with E-state index < -0.39 is 0 Å². The van der Waals surface area contributed by atoms with Gasteiger partial charge in [0.15, 0.2) is 5.65 Å². The smallest absolute Gasteiger partial charge is 0.276 e. The van der Waals surface area contributed by atoms with Gasteiger partial charge in [-0.05, 0) is 26.0 Å². The molecular weight excluding hydrogens is 180 g/mol. The number of aromatic amines is 1. The normalized spacial score (nSPS) is 11.4. The van der Waals surface area contributed by atoms with Crippen LogP contribution in [0.25, 0.3) is 11.0 Å². The van der Waals surface area contributed by atoms with Crippen molar-refractivity contribution in [1.82, 2.24) is 14.8 Å². The van der Waals surface area contributed by atoms with Gasteiger partial charge >= 0.3 is 0 Å². The Morgan fingerprint density at radius 1 is 1.50 bits per heavy atom. The molecular formula is C9H12N4O. The van der Waals surface area contributed by atoms with Crippen molar-refractivity contribution in [2.24, 2.45) is 0 Å². The summed E-state index contributed by atoms with van der Waals surface area (Å²) in [5.41, 5.74) is 6.01. The lowest BCUT2D eigenvalue weighted by Crippen LogP contribution is -2.18. The number of nitrogen functional groups attached to an aromatic ring is 1. The highest BCUT2D eigenvalue weighted by Crippen LogP contribution is 2.09. The summed E-state index contributed by atoms with van der Waals surface area (Å²) in [4.78, 5) is 15.8. The monoisotopic (exact) mass is 192 g/mol. The third kappa shape index (κ3) is 1.17. The van der Waals surface area contributed by atoms with Crippen LogP contribution in [-0.4, -0.2) is 14.8 Å². The zero-order chi connectivity index (χ0) is 10.3. The Labute approximate surface area is 80.5 Å². The van der Waals surface area contributed by atoms with E-state index in [0.29, 0.717) is 16.9 Å². The van der Waals surface area contributed by atoms with Gasteiger partial charge in [-0.25, -0.2) is 9.67 Å². The predicted molar refractivity (Wildman–Crippen MR) is 55.2 cm³/mol. The highest BCUT2D eigenvalue weighted by molar-refractivity contribution is 5.75. The molecule has 2 rings (SSSR count). The number of anilines is 1. The van der Waals surface area contributed by atoms with E-state index >= 15 is 0 Å². The second kappa shape index (κ2) is 2.87. The fraction of sp³-hybridized carbons (Fsp3) is 0.333. The lowest BCUT2D eigenvalue weighted by Gasteiger charge is -2.02. The first-order valence-electron chi connectivity index (χ1n) is 4.46. The van der Waals surface area contributed by atoms with Gasteiger partial charge in [0.25, 0.3) is 5.56 Å². The fourth-order valence-corrected chi connectivity index (χ4v) is 1.39. The van der Waals surface area contributed by atoms with Gasteiger partial charge in [-0.2, -0.15) is 0 Å². The van der Waals surface area contributed by atoms with E-state index in [2.05, 4.69) is 10.1 Å². The third-order valence-corrected chi connectivity index (χ3v) is 2.11. The molecule has 0 aliphatic carbocycles. The SMILES string of the molecule is CC(C)n1[nH]c2nc(N)ccc2c1=O. The summed E-state index contributed by atoms with van der Waals surface area (Å²) in [5.74, 6) is 0.412. The number of hydrogen-bond acceptors (Lipinski definition) is 3. The summed E-state index contributed by atoms with van der Waals surface area (Å²) < 4.78 is 1.54. The molecule has 0 bridgehead atoms. The summed E-state index contributed by atoms with van der Waals surface area (Å²) in [5, 5.41) is 3.49. The molecule has 5 nitrogen and oxygen atoms in total. The van der Waals surface area contributed by atoms with Crippen LogP contribution in [0.4, 0.5) is 5.82 Å². The quantitative estimate of drug-likeness (QED) is 0.704. The van der Waals surface area contributed by atoms with E-state index in [1.54, 1.807) is 12.1 Å². The molecule has 0 aliphatic rings. The number of pyridine rings is 1. The van der Waals surface area contributed by atoms with Crippen molar-refractivity contribution >= 4 is 16.9 Å². The van der Waals surface area contributed by atoms with E-state index in [-0.39, 0.29) is 11.6 Å². The second-order valence-electron chi connectivity index (χ2n) is 3.51. The molecule has 5 heteroatoms. The minimum Gasteiger partial charge on any atom is -0.384 e. The first kappa shape index (κ1) is 8.80. The average molecular weight is 192 g/mol. The first-order chi connectivity index (χ1) is 6.59. The summed E-state index contributed by atoms with van der Waals surface area (Å²) in [6.07, 6.45) is 0. The summed E-state index contributed by atoms with van der Waals surface area (Å²) in [6, 6.07) is 3.41. The predicted octanol–water partition coefficient (Wildman–Crippen LogP) is 0.888. The van der Waals surface area contributed by atoms with E-state index in [9.17, 15) is 4.79 Å². The van der Waals surface area contributed by atoms with Crippen LogP contribution in [-0.2, 0) is 0 Å². The fourth-order valence-electron chi connectivity index (χ4n) is 1.39. The maximum Gasteiger partial charge on any atom is 0.276 e. The topological polar surface area (TPSA) is 76.7 Å². The van der Waals surface area contributed by atoms with Crippen LogP contribution < -0.4 is 11.3 Å². The summed E-state index contributed by atoms with van der Waals surface area (Å²) in [7, 11) is 0. The molecule has 0 atom stereocenters. The highest BCUT2D eigenvalue weighted by Gasteiger charge is 2.09. The molecule has 0 unspecified atom stereocenters. The lowest BCUT2D eigenvalue weighted by atomic mass is 10.3. The average Bonchev–Trinajstić information content (AvgIpc) is 2.43. The summed E-state index contributed by atoms with van der Waals surface area (Å²) >= 11 is 0. The molecule has 74 valence electrons. The van der Waals surface area contributed by atoms with Gasteiger partial charge in [-0.3, -0.25) is 9.89 Å². The number of fused-ring (bicyclic) bond motifs is 1. The maximum absolute atomic E-state index is 11.7. The number of hydrogen-bond donors (Lipinski definition) is 2. The van der Waals surface area contributed by atoms with Crippen LogP contribution in [0.1, 0.15) is 19.9 Å². The molecule has 3 N–H and O–H groups in total. The van der Waals surface area contributed by atoms with Crippen molar-refractivity contribution in [2.75, 3.05) is 5.73 Å².